The minimum Gasteiger partial charge on any atom is -0.495 e. The molecule has 4 heterocycles. The number of nitrogens with zero attached hydrogens (tertiary/aromatic N) is 4. The summed E-state index contributed by atoms with van der Waals surface area (Å²) in [5.74, 6) is 1.87. The molecule has 0 unspecified atom stereocenters. The van der Waals surface area contributed by atoms with E-state index in [4.69, 9.17) is 15.2 Å². The van der Waals surface area contributed by atoms with Gasteiger partial charge in [-0.2, -0.15) is 5.10 Å². The minimum absolute atomic E-state index is 0.154. The van der Waals surface area contributed by atoms with E-state index in [1.165, 1.54) is 6.33 Å². The fourth-order valence-corrected chi connectivity index (χ4v) is 4.85. The van der Waals surface area contributed by atoms with Crippen LogP contribution in [0.15, 0.2) is 30.6 Å². The summed E-state index contributed by atoms with van der Waals surface area (Å²) in [5.41, 5.74) is 8.30. The summed E-state index contributed by atoms with van der Waals surface area (Å²) in [6, 6.07) is 7.52. The zero-order chi connectivity index (χ0) is 25.7. The zero-order valence-corrected chi connectivity index (χ0v) is 20.9. The van der Waals surface area contributed by atoms with Crippen molar-refractivity contribution >= 4 is 34.8 Å². The van der Waals surface area contributed by atoms with Crippen LogP contribution in [0.25, 0.3) is 16.6 Å². The lowest BCUT2D eigenvalue weighted by atomic mass is 9.72. The lowest BCUT2D eigenvalue weighted by Gasteiger charge is -2.46. The summed E-state index contributed by atoms with van der Waals surface area (Å²) < 4.78 is 12.7. The Morgan fingerprint density at radius 1 is 1.22 bits per heavy atom. The number of β-lactam (4-membered cyclic amide) rings is 1. The molecule has 3 aromatic rings. The van der Waals surface area contributed by atoms with E-state index in [0.29, 0.717) is 22.8 Å². The average molecular weight is 494 g/mol. The molecule has 1 spiro atoms. The van der Waals surface area contributed by atoms with Crippen molar-refractivity contribution in [3.05, 3.63) is 30.6 Å². The molecule has 0 aliphatic carbocycles. The third-order valence-corrected chi connectivity index (χ3v) is 6.83. The number of hydrogen-bond donors (Lipinski definition) is 3. The van der Waals surface area contributed by atoms with Gasteiger partial charge in [-0.3, -0.25) is 10.1 Å². The Balaban J connectivity index is 1.48. The largest absolute Gasteiger partial charge is 0.495 e. The van der Waals surface area contributed by atoms with Crippen LogP contribution in [0.3, 0.4) is 0 Å². The van der Waals surface area contributed by atoms with E-state index in [-0.39, 0.29) is 11.3 Å². The highest BCUT2D eigenvalue weighted by atomic mass is 16.6. The van der Waals surface area contributed by atoms with Crippen LogP contribution in [0.4, 0.5) is 22.1 Å². The Bertz CT molecular complexity index is 1340. The van der Waals surface area contributed by atoms with E-state index >= 15 is 0 Å². The number of carbonyl (C=O) groups is 2. The predicted molar refractivity (Wildman–Crippen MR) is 136 cm³/mol. The van der Waals surface area contributed by atoms with Crippen LogP contribution in [-0.2, 0) is 9.53 Å². The van der Waals surface area contributed by atoms with Crippen molar-refractivity contribution in [3.8, 4) is 16.9 Å². The average Bonchev–Trinajstić information content (AvgIpc) is 3.23. The molecule has 36 heavy (non-hydrogen) atoms. The fourth-order valence-electron chi connectivity index (χ4n) is 4.85. The number of fused-ring (bicyclic) bond motifs is 1. The van der Waals surface area contributed by atoms with Crippen LogP contribution in [0, 0.1) is 5.41 Å². The van der Waals surface area contributed by atoms with E-state index in [2.05, 4.69) is 25.6 Å². The molecule has 0 radical (unpaired) electrons. The number of carbonyl (C=O) groups excluding carboxylic acids is 2. The number of rotatable bonds is 4. The summed E-state index contributed by atoms with van der Waals surface area (Å²) in [7, 11) is 1.54. The molecule has 11 nitrogen and oxygen atoms in total. The molecule has 1 aromatic carbocycles. The normalized spacial score (nSPS) is 17.0. The molecule has 0 saturated carbocycles. The van der Waals surface area contributed by atoms with Gasteiger partial charge in [0.05, 0.1) is 18.2 Å². The van der Waals surface area contributed by atoms with Crippen LogP contribution >= 0.6 is 0 Å². The van der Waals surface area contributed by atoms with E-state index in [1.807, 2.05) is 18.2 Å². The summed E-state index contributed by atoms with van der Waals surface area (Å²) in [6.45, 7) is 7.64. The maximum Gasteiger partial charge on any atom is 0.412 e. The highest BCUT2D eigenvalue weighted by molar-refractivity contribution is 5.93. The molecule has 0 bridgehead atoms. The van der Waals surface area contributed by atoms with Gasteiger partial charge in [-0.05, 0) is 57.4 Å². The number of nitrogens with two attached hydrogens (primary N) is 1. The summed E-state index contributed by atoms with van der Waals surface area (Å²) in [4.78, 5) is 30.8. The van der Waals surface area contributed by atoms with Crippen LogP contribution in [-0.4, -0.2) is 58.9 Å². The molecule has 2 saturated heterocycles. The molecule has 4 N–H and O–H groups in total. The maximum absolute atomic E-state index is 12.3. The Morgan fingerprint density at radius 3 is 2.58 bits per heavy atom. The maximum atomic E-state index is 12.3. The molecule has 2 amide bonds. The highest BCUT2D eigenvalue weighted by Gasteiger charge is 2.48. The molecule has 2 aliphatic rings. The van der Waals surface area contributed by atoms with E-state index in [0.717, 1.165) is 49.4 Å². The molecule has 2 aliphatic heterocycles. The number of aromatic nitrogens is 3. The van der Waals surface area contributed by atoms with Gasteiger partial charge in [-0.15, -0.1) is 0 Å². The Hall–Kier alpha value is -4.02. The quantitative estimate of drug-likeness (QED) is 0.472. The fraction of sp³-hybridized carbons (Fsp3) is 0.440. The SMILES string of the molecule is COc1cc(-c2cc(N3CCC4(CC3)CNC4=O)n3ncnc(N)c23)ccc1NC(=O)OC(C)(C)C. The molecule has 2 fully saturated rings. The van der Waals surface area contributed by atoms with E-state index < -0.39 is 11.7 Å². The van der Waals surface area contributed by atoms with Crippen molar-refractivity contribution in [1.29, 1.82) is 0 Å². The van der Waals surface area contributed by atoms with E-state index in [1.54, 1.807) is 38.5 Å². The first-order valence-electron chi connectivity index (χ1n) is 11.9. The van der Waals surface area contributed by atoms with Crippen molar-refractivity contribution in [2.24, 2.45) is 5.41 Å². The van der Waals surface area contributed by atoms with Gasteiger partial charge in [0.15, 0.2) is 5.82 Å². The first-order chi connectivity index (χ1) is 17.1. The number of ether oxygens (including phenoxy) is 2. The summed E-state index contributed by atoms with van der Waals surface area (Å²) in [6.07, 6.45) is 2.46. The van der Waals surface area contributed by atoms with Crippen molar-refractivity contribution in [1.82, 2.24) is 19.9 Å². The van der Waals surface area contributed by atoms with Gasteiger partial charge >= 0.3 is 6.09 Å². The first kappa shape index (κ1) is 23.7. The Kier molecular flexibility index (Phi) is 5.65. The first-order valence-corrected chi connectivity index (χ1v) is 11.9. The van der Waals surface area contributed by atoms with Gasteiger partial charge in [-0.25, -0.2) is 14.3 Å². The monoisotopic (exact) mass is 493 g/mol. The minimum atomic E-state index is -0.618. The third kappa shape index (κ3) is 4.14. The number of piperidine rings is 1. The van der Waals surface area contributed by atoms with Crippen molar-refractivity contribution in [2.45, 2.75) is 39.2 Å². The second-order valence-electron chi connectivity index (χ2n) is 10.3. The lowest BCUT2D eigenvalue weighted by Crippen LogP contribution is -2.62. The van der Waals surface area contributed by atoms with Crippen molar-refractivity contribution < 1.29 is 19.1 Å². The van der Waals surface area contributed by atoms with Gasteiger partial charge in [-0.1, -0.05) is 6.07 Å². The molecule has 0 atom stereocenters. The van der Waals surface area contributed by atoms with Crippen LogP contribution in [0.2, 0.25) is 0 Å². The smallest absolute Gasteiger partial charge is 0.412 e. The number of nitrogens with one attached hydrogen (secondary N) is 2. The van der Waals surface area contributed by atoms with Gasteiger partial charge < -0.3 is 25.4 Å². The highest BCUT2D eigenvalue weighted by Crippen LogP contribution is 2.41. The molecular weight excluding hydrogens is 462 g/mol. The second-order valence-corrected chi connectivity index (χ2v) is 10.3. The summed E-state index contributed by atoms with van der Waals surface area (Å²) in [5, 5.41) is 10.1. The number of nitrogen functional groups attached to an aromatic ring is 1. The third-order valence-electron chi connectivity index (χ3n) is 6.83. The van der Waals surface area contributed by atoms with Gasteiger partial charge in [0.1, 0.15) is 29.0 Å². The predicted octanol–water partition coefficient (Wildman–Crippen LogP) is 3.05. The molecule has 2 aromatic heterocycles. The Labute approximate surface area is 208 Å². The van der Waals surface area contributed by atoms with Gasteiger partial charge in [0.2, 0.25) is 5.91 Å². The van der Waals surface area contributed by atoms with Crippen LogP contribution in [0.5, 0.6) is 5.75 Å². The number of anilines is 3. The number of benzene rings is 1. The van der Waals surface area contributed by atoms with Gasteiger partial charge in [0, 0.05) is 25.2 Å². The number of methoxy groups -OCH3 is 1. The van der Waals surface area contributed by atoms with Gasteiger partial charge in [0.25, 0.3) is 0 Å². The molecule has 190 valence electrons. The molecule has 11 heteroatoms. The van der Waals surface area contributed by atoms with E-state index in [9.17, 15) is 9.59 Å². The molecule has 5 rings (SSSR count). The van der Waals surface area contributed by atoms with Crippen LogP contribution in [0.1, 0.15) is 33.6 Å². The van der Waals surface area contributed by atoms with Crippen LogP contribution < -0.4 is 26.0 Å². The number of hydrogen-bond acceptors (Lipinski definition) is 8. The standard InChI is InChI=1S/C25H31N7O4/c1-24(2,3)36-23(34)30-17-6-5-15(11-18(17)35-4)16-12-19(32-20(16)21(26)28-14-29-32)31-9-7-25(8-10-31)13-27-22(25)33/h5-6,11-12,14H,7-10,13H2,1-4H3,(H,27,33)(H,30,34)(H2,26,28,29). The topological polar surface area (TPSA) is 136 Å². The number of amides is 2. The summed E-state index contributed by atoms with van der Waals surface area (Å²) >= 11 is 0. The lowest BCUT2D eigenvalue weighted by molar-refractivity contribution is -0.141. The van der Waals surface area contributed by atoms with Crippen molar-refractivity contribution in [3.63, 3.8) is 0 Å². The Morgan fingerprint density at radius 2 is 1.97 bits per heavy atom. The molecular formula is C25H31N7O4. The van der Waals surface area contributed by atoms with Crippen molar-refractivity contribution in [2.75, 3.05) is 42.7 Å². The second kappa shape index (κ2) is 8.58. The zero-order valence-electron chi connectivity index (χ0n) is 20.9.